The summed E-state index contributed by atoms with van der Waals surface area (Å²) in [7, 11) is -1.27. The number of ether oxygens (including phenoxy) is 2. The summed E-state index contributed by atoms with van der Waals surface area (Å²) in [5.74, 6) is 1.45. The quantitative estimate of drug-likeness (QED) is 0.124. The number of piperidine rings is 1. The number of benzene rings is 1. The second-order valence-corrected chi connectivity index (χ2v) is 22.4. The fourth-order valence-electron chi connectivity index (χ4n) is 8.08. The lowest BCUT2D eigenvalue weighted by Crippen LogP contribution is -2.44. The van der Waals surface area contributed by atoms with Gasteiger partial charge >= 0.3 is 0 Å². The summed E-state index contributed by atoms with van der Waals surface area (Å²) in [6, 6.07) is 8.90. The normalized spacial score (nSPS) is 24.2. The predicted molar refractivity (Wildman–Crippen MR) is 208 cm³/mol. The summed E-state index contributed by atoms with van der Waals surface area (Å²) >= 11 is 0. The fraction of sp³-hybridized carbons (Fsp3) is 0.659. The number of carbonyl (C=O) groups is 2. The number of hydrogen-bond donors (Lipinski definition) is 2. The lowest BCUT2D eigenvalue weighted by atomic mass is 9.90. The standard InChI is InChI=1S/C41H61N5O5Si/c1-5-33(47)11-7-6-8-12-36-38-42-37(29-46(38)30-51-25-26-52(2,3)4)32-13-14-34-31(27-32)15-20-45(40(34)49)19-10-24-50-23-9-18-44-21-16-41(17-22-44)28-35(41)39(48)43-36/h13-15,20,27,29,35-36H,5-12,16-19,21-26,28,30H2,1-4H3,(H,43,48)/p+1/t35-,36+/m1/s1. The molecule has 52 heavy (non-hydrogen) atoms. The fourth-order valence-corrected chi connectivity index (χ4v) is 8.83. The summed E-state index contributed by atoms with van der Waals surface area (Å²) in [6.45, 7) is 15.2. The van der Waals surface area contributed by atoms with Crippen LogP contribution in [0.3, 0.4) is 0 Å². The minimum absolute atomic E-state index is 0.0150. The van der Waals surface area contributed by atoms with Gasteiger partial charge in [-0.25, -0.2) is 9.55 Å². The van der Waals surface area contributed by atoms with Gasteiger partial charge in [-0.15, -0.1) is 0 Å². The Bertz CT molecular complexity index is 1740. The molecular formula is C41H62N5O5Si+. The Hall–Kier alpha value is -3.12. The number of aromatic nitrogens is 3. The van der Waals surface area contributed by atoms with Gasteiger partial charge in [0.2, 0.25) is 5.91 Å². The van der Waals surface area contributed by atoms with Crippen LogP contribution in [0.1, 0.15) is 89.4 Å². The maximum Gasteiger partial charge on any atom is 0.279 e. The third-order valence-electron chi connectivity index (χ3n) is 11.7. The molecule has 6 aliphatic heterocycles. The first-order valence-corrected chi connectivity index (χ1v) is 23.7. The van der Waals surface area contributed by atoms with Crippen LogP contribution in [0, 0.1) is 11.3 Å². The lowest BCUT2D eigenvalue weighted by Gasteiger charge is -2.32. The largest absolute Gasteiger partial charge is 0.381 e. The number of H-pyrrole nitrogens is 1. The van der Waals surface area contributed by atoms with Gasteiger partial charge in [-0.05, 0) is 99.1 Å². The number of amides is 1. The van der Waals surface area contributed by atoms with E-state index in [2.05, 4.69) is 51.7 Å². The van der Waals surface area contributed by atoms with Gasteiger partial charge in [-0.2, -0.15) is 0 Å². The number of aromatic amines is 1. The number of rotatable bonds is 12. The highest BCUT2D eigenvalue weighted by molar-refractivity contribution is 6.76. The van der Waals surface area contributed by atoms with Crippen molar-refractivity contribution in [1.82, 2.24) is 19.8 Å². The molecule has 1 aliphatic carbocycles. The molecule has 1 aromatic carbocycles. The van der Waals surface area contributed by atoms with Crippen molar-refractivity contribution >= 4 is 30.5 Å². The molecule has 2 fully saturated rings. The van der Waals surface area contributed by atoms with E-state index in [9.17, 15) is 14.4 Å². The number of ketones is 1. The maximum absolute atomic E-state index is 14.1. The number of aryl methyl sites for hydroxylation is 1. The van der Waals surface area contributed by atoms with Gasteiger partial charge in [0.25, 0.3) is 11.4 Å². The monoisotopic (exact) mass is 732 g/mol. The number of carbonyl (C=O) groups excluding carboxylic acids is 2. The highest BCUT2D eigenvalue weighted by Gasteiger charge is 2.58. The molecule has 2 N–H and O–H groups in total. The predicted octanol–water partition coefficient (Wildman–Crippen LogP) is 6.60. The van der Waals surface area contributed by atoms with Crippen LogP contribution in [-0.2, 0) is 32.3 Å². The van der Waals surface area contributed by atoms with Crippen LogP contribution in [-0.4, -0.2) is 73.7 Å². The average Bonchev–Trinajstić information content (AvgIpc) is 3.66. The lowest BCUT2D eigenvalue weighted by molar-refractivity contribution is -0.739. The van der Waals surface area contributed by atoms with Crippen molar-refractivity contribution < 1.29 is 23.6 Å². The third-order valence-corrected chi connectivity index (χ3v) is 13.4. The molecule has 8 bridgehead atoms. The molecule has 8 heterocycles. The zero-order valence-electron chi connectivity index (χ0n) is 32.1. The van der Waals surface area contributed by atoms with Gasteiger partial charge < -0.3 is 24.3 Å². The second kappa shape index (κ2) is 17.3. The molecule has 0 unspecified atom stereocenters. The van der Waals surface area contributed by atoms with Crippen molar-refractivity contribution in [3.8, 4) is 11.3 Å². The molecule has 10 rings (SSSR count). The van der Waals surface area contributed by atoms with E-state index in [1.807, 2.05) is 31.3 Å². The minimum atomic E-state index is -1.27. The highest BCUT2D eigenvalue weighted by Crippen LogP contribution is 2.59. The van der Waals surface area contributed by atoms with E-state index in [4.69, 9.17) is 9.47 Å². The molecule has 1 saturated carbocycles. The van der Waals surface area contributed by atoms with Crippen molar-refractivity contribution in [2.75, 3.05) is 39.5 Å². The van der Waals surface area contributed by atoms with Crippen molar-refractivity contribution in [2.24, 2.45) is 11.3 Å². The Morgan fingerprint density at radius 3 is 2.60 bits per heavy atom. The number of hydrogen-bond acceptors (Lipinski definition) is 6. The van der Waals surface area contributed by atoms with Crippen molar-refractivity contribution in [3.63, 3.8) is 0 Å². The smallest absolute Gasteiger partial charge is 0.279 e. The number of imidazole rings is 1. The summed E-state index contributed by atoms with van der Waals surface area (Å²) in [4.78, 5) is 45.8. The average molecular weight is 733 g/mol. The molecule has 2 aromatic heterocycles. The molecule has 10 nitrogen and oxygen atoms in total. The molecule has 7 aliphatic rings. The zero-order valence-corrected chi connectivity index (χ0v) is 33.1. The summed E-state index contributed by atoms with van der Waals surface area (Å²) in [6.07, 6.45) is 13.6. The molecule has 284 valence electrons. The van der Waals surface area contributed by atoms with Crippen molar-refractivity contribution in [2.45, 2.75) is 123 Å². The van der Waals surface area contributed by atoms with E-state index in [1.165, 1.54) is 0 Å². The van der Waals surface area contributed by atoms with E-state index in [0.717, 1.165) is 113 Å². The summed E-state index contributed by atoms with van der Waals surface area (Å²) in [5, 5.41) is 5.12. The minimum Gasteiger partial charge on any atom is -0.381 e. The van der Waals surface area contributed by atoms with Crippen LogP contribution in [0.4, 0.5) is 0 Å². The van der Waals surface area contributed by atoms with E-state index in [1.54, 1.807) is 4.57 Å². The Morgan fingerprint density at radius 1 is 1.04 bits per heavy atom. The van der Waals surface area contributed by atoms with Gasteiger partial charge in [-0.3, -0.25) is 14.4 Å². The molecule has 2 atom stereocenters. The molecule has 3 aromatic rings. The molecule has 11 heteroatoms. The van der Waals surface area contributed by atoms with Gasteiger partial charge in [-0.1, -0.05) is 39.4 Å². The molecule has 1 saturated heterocycles. The van der Waals surface area contributed by atoms with Crippen LogP contribution in [0.5, 0.6) is 0 Å². The SMILES string of the molecule is CCC(=O)CCCCC[C@@H]1NC(=O)[C@H]2CC23CCN(CCCOCCCn2ccc4cc(ccc4c2=O)-c2c[n+](COCC[Si](C)(C)C)c1[nH]2)CC3. The van der Waals surface area contributed by atoms with E-state index in [-0.39, 0.29) is 28.8 Å². The zero-order chi connectivity index (χ0) is 36.7. The topological polar surface area (TPSA) is 110 Å². The summed E-state index contributed by atoms with van der Waals surface area (Å²) in [5.41, 5.74) is 2.03. The number of nitrogens with zero attached hydrogens (tertiary/aromatic N) is 3. The van der Waals surface area contributed by atoms with Crippen LogP contribution in [0.25, 0.3) is 22.0 Å². The van der Waals surface area contributed by atoms with Gasteiger partial charge in [0.1, 0.15) is 18.0 Å². The van der Waals surface area contributed by atoms with E-state index < -0.39 is 8.07 Å². The third kappa shape index (κ3) is 9.89. The summed E-state index contributed by atoms with van der Waals surface area (Å²) < 4.78 is 16.2. The first kappa shape index (κ1) is 38.6. The van der Waals surface area contributed by atoms with E-state index >= 15 is 0 Å². The van der Waals surface area contributed by atoms with Gasteiger partial charge in [0, 0.05) is 76.9 Å². The van der Waals surface area contributed by atoms with Gasteiger partial charge in [0.05, 0.1) is 0 Å². The number of nitrogens with one attached hydrogen (secondary N) is 2. The Balaban J connectivity index is 1.31. The van der Waals surface area contributed by atoms with Crippen LogP contribution >= 0.6 is 0 Å². The van der Waals surface area contributed by atoms with Crippen LogP contribution < -0.4 is 15.4 Å². The Kier molecular flexibility index (Phi) is 12.9. The molecule has 1 spiro atoms. The number of pyridine rings is 1. The Labute approximate surface area is 310 Å². The van der Waals surface area contributed by atoms with Gasteiger partial charge in [0.15, 0.2) is 12.4 Å². The first-order valence-electron chi connectivity index (χ1n) is 20.0. The second-order valence-electron chi connectivity index (χ2n) is 16.8. The van der Waals surface area contributed by atoms with Crippen molar-refractivity contribution in [1.29, 1.82) is 0 Å². The first-order chi connectivity index (χ1) is 25.0. The molecular weight excluding hydrogens is 671 g/mol. The van der Waals surface area contributed by atoms with Crippen LogP contribution in [0.15, 0.2) is 41.5 Å². The van der Waals surface area contributed by atoms with E-state index in [0.29, 0.717) is 50.5 Å². The number of Topliss-reactive ketones (excluding diaryl/α,β-unsaturated/α-hetero) is 1. The maximum atomic E-state index is 14.1. The molecule has 1 amide bonds. The number of unbranched alkanes of at least 4 members (excludes halogenated alkanes) is 2. The highest BCUT2D eigenvalue weighted by atomic mass is 28.3. The molecule has 0 radical (unpaired) electrons. The van der Waals surface area contributed by atoms with Crippen LogP contribution in [0.2, 0.25) is 25.7 Å². The van der Waals surface area contributed by atoms with Crippen molar-refractivity contribution in [3.05, 3.63) is 52.8 Å². The Morgan fingerprint density at radius 2 is 1.83 bits per heavy atom.